The summed E-state index contributed by atoms with van der Waals surface area (Å²) >= 11 is 0. The predicted molar refractivity (Wildman–Crippen MR) is 54.3 cm³/mol. The number of aliphatic carboxylic acids is 1. The first kappa shape index (κ1) is 12.7. The van der Waals surface area contributed by atoms with Crippen molar-refractivity contribution in [3.63, 3.8) is 0 Å². The van der Waals surface area contributed by atoms with Crippen molar-refractivity contribution in [2.24, 2.45) is 5.41 Å². The molecule has 2 N–H and O–H groups in total. The number of carboxylic acid groups (broad SMARTS) is 1. The first-order chi connectivity index (χ1) is 5.41. The van der Waals surface area contributed by atoms with E-state index in [1.54, 1.807) is 0 Å². The van der Waals surface area contributed by atoms with Crippen molar-refractivity contribution in [1.82, 2.24) is 5.32 Å². The molecule has 1 saturated heterocycles. The lowest BCUT2D eigenvalue weighted by Crippen LogP contribution is -2.41. The van der Waals surface area contributed by atoms with Gasteiger partial charge in [-0.3, -0.25) is 4.79 Å². The van der Waals surface area contributed by atoms with E-state index in [2.05, 4.69) is 26.1 Å². The number of nitrogens with one attached hydrogen (secondary N) is 1. The number of carbonyl (C=O) groups is 1. The Morgan fingerprint density at radius 2 is 1.92 bits per heavy atom. The lowest BCUT2D eigenvalue weighted by molar-refractivity contribution is -0.139. The van der Waals surface area contributed by atoms with Gasteiger partial charge < -0.3 is 10.4 Å². The van der Waals surface area contributed by atoms with Crippen LogP contribution in [0.5, 0.6) is 0 Å². The zero-order chi connectivity index (χ0) is 9.35. The van der Waals surface area contributed by atoms with E-state index < -0.39 is 5.97 Å². The van der Waals surface area contributed by atoms with E-state index in [0.29, 0.717) is 6.04 Å². The fourth-order valence-corrected chi connectivity index (χ4v) is 1.62. The lowest BCUT2D eigenvalue weighted by Gasteiger charge is -2.27. The molecule has 1 aliphatic rings. The number of halogens is 1. The van der Waals surface area contributed by atoms with Crippen LogP contribution in [0.4, 0.5) is 0 Å². The van der Waals surface area contributed by atoms with Crippen LogP contribution in [0.1, 0.15) is 33.6 Å². The highest BCUT2D eigenvalue weighted by atomic mass is 35.5. The number of carboxylic acids is 1. The predicted octanol–water partition coefficient (Wildman–Crippen LogP) is 1.66. The van der Waals surface area contributed by atoms with Crippen molar-refractivity contribution in [1.29, 1.82) is 0 Å². The van der Waals surface area contributed by atoms with E-state index in [9.17, 15) is 4.79 Å². The van der Waals surface area contributed by atoms with Crippen molar-refractivity contribution in [3.8, 4) is 0 Å². The summed E-state index contributed by atoms with van der Waals surface area (Å²) in [5.74, 6) is -0.721. The van der Waals surface area contributed by atoms with Crippen molar-refractivity contribution >= 4 is 18.4 Å². The SMILES string of the molecule is CC(C)(C)C1CCC(C(=O)O)N1.Cl. The van der Waals surface area contributed by atoms with Crippen LogP contribution in [-0.2, 0) is 4.79 Å². The molecule has 4 heteroatoms. The first-order valence-electron chi connectivity index (χ1n) is 4.40. The van der Waals surface area contributed by atoms with Crippen LogP contribution in [0.2, 0.25) is 0 Å². The maximum atomic E-state index is 10.6. The molecular formula is C9H18ClNO2. The second-order valence-corrected chi connectivity index (χ2v) is 4.55. The van der Waals surface area contributed by atoms with Crippen LogP contribution in [-0.4, -0.2) is 23.2 Å². The Kier molecular flexibility index (Phi) is 4.20. The van der Waals surface area contributed by atoms with Crippen LogP contribution in [0.3, 0.4) is 0 Å². The maximum Gasteiger partial charge on any atom is 0.320 e. The summed E-state index contributed by atoms with van der Waals surface area (Å²) in [5, 5.41) is 11.9. The average Bonchev–Trinajstić information content (AvgIpc) is 2.30. The minimum atomic E-state index is -0.721. The van der Waals surface area contributed by atoms with Gasteiger partial charge in [0.25, 0.3) is 0 Å². The second-order valence-electron chi connectivity index (χ2n) is 4.55. The second kappa shape index (κ2) is 4.29. The van der Waals surface area contributed by atoms with Crippen LogP contribution >= 0.6 is 12.4 Å². The number of rotatable bonds is 1. The van der Waals surface area contributed by atoms with Crippen molar-refractivity contribution < 1.29 is 9.90 Å². The van der Waals surface area contributed by atoms with E-state index in [0.717, 1.165) is 12.8 Å². The third-order valence-corrected chi connectivity index (χ3v) is 2.49. The number of hydrogen-bond donors (Lipinski definition) is 2. The molecule has 0 aromatic rings. The molecule has 0 saturated carbocycles. The number of hydrogen-bond acceptors (Lipinski definition) is 2. The van der Waals surface area contributed by atoms with Gasteiger partial charge in [-0.05, 0) is 18.3 Å². The van der Waals surface area contributed by atoms with Crippen molar-refractivity contribution in [2.45, 2.75) is 45.7 Å². The highest BCUT2D eigenvalue weighted by molar-refractivity contribution is 5.85. The zero-order valence-corrected chi connectivity index (χ0v) is 9.15. The van der Waals surface area contributed by atoms with E-state index in [1.807, 2.05) is 0 Å². The molecule has 3 nitrogen and oxygen atoms in total. The summed E-state index contributed by atoms with van der Waals surface area (Å²) in [7, 11) is 0. The van der Waals surface area contributed by atoms with Crippen LogP contribution in [0, 0.1) is 5.41 Å². The summed E-state index contributed by atoms with van der Waals surface area (Å²) in [6.45, 7) is 6.40. The van der Waals surface area contributed by atoms with Gasteiger partial charge in [-0.25, -0.2) is 0 Å². The summed E-state index contributed by atoms with van der Waals surface area (Å²) in [4.78, 5) is 10.6. The summed E-state index contributed by atoms with van der Waals surface area (Å²) in [6, 6.07) is 0.0211. The fourth-order valence-electron chi connectivity index (χ4n) is 1.62. The quantitative estimate of drug-likeness (QED) is 0.688. The van der Waals surface area contributed by atoms with Gasteiger partial charge in [0, 0.05) is 6.04 Å². The molecule has 2 unspecified atom stereocenters. The van der Waals surface area contributed by atoms with Crippen LogP contribution in [0.15, 0.2) is 0 Å². The molecule has 0 bridgehead atoms. The Bertz CT molecular complexity index is 189. The Hall–Kier alpha value is -0.280. The van der Waals surface area contributed by atoms with Gasteiger partial charge in [-0.2, -0.15) is 0 Å². The lowest BCUT2D eigenvalue weighted by atomic mass is 9.86. The van der Waals surface area contributed by atoms with Gasteiger partial charge in [-0.15, -0.1) is 12.4 Å². The summed E-state index contributed by atoms with van der Waals surface area (Å²) < 4.78 is 0. The van der Waals surface area contributed by atoms with Crippen molar-refractivity contribution in [3.05, 3.63) is 0 Å². The Morgan fingerprint density at radius 3 is 2.15 bits per heavy atom. The van der Waals surface area contributed by atoms with Gasteiger partial charge in [0.1, 0.15) is 6.04 Å². The minimum Gasteiger partial charge on any atom is -0.480 e. The summed E-state index contributed by atoms with van der Waals surface area (Å²) in [5.41, 5.74) is 0.171. The van der Waals surface area contributed by atoms with Gasteiger partial charge in [0.2, 0.25) is 0 Å². The molecule has 0 amide bonds. The molecule has 0 radical (unpaired) electrons. The molecule has 2 atom stereocenters. The van der Waals surface area contributed by atoms with E-state index in [-0.39, 0.29) is 23.9 Å². The maximum absolute atomic E-state index is 10.6. The molecule has 1 rings (SSSR count). The largest absolute Gasteiger partial charge is 0.480 e. The third kappa shape index (κ3) is 3.16. The van der Waals surface area contributed by atoms with Crippen LogP contribution < -0.4 is 5.32 Å². The first-order valence-corrected chi connectivity index (χ1v) is 4.40. The molecule has 0 spiro atoms. The molecule has 0 aliphatic carbocycles. The fraction of sp³-hybridized carbons (Fsp3) is 0.889. The molecule has 78 valence electrons. The zero-order valence-electron chi connectivity index (χ0n) is 8.33. The highest BCUT2D eigenvalue weighted by Gasteiger charge is 2.35. The molecule has 1 aliphatic heterocycles. The normalized spacial score (nSPS) is 28.2. The molecule has 1 fully saturated rings. The topological polar surface area (TPSA) is 49.3 Å². The minimum absolute atomic E-state index is 0. The highest BCUT2D eigenvalue weighted by Crippen LogP contribution is 2.28. The van der Waals surface area contributed by atoms with Gasteiger partial charge in [-0.1, -0.05) is 20.8 Å². The Labute approximate surface area is 85.3 Å². The van der Waals surface area contributed by atoms with E-state index in [1.165, 1.54) is 0 Å². The standard InChI is InChI=1S/C9H17NO2.ClH/c1-9(2,3)7-5-4-6(10-7)8(11)12;/h6-7,10H,4-5H2,1-3H3,(H,11,12);1H. The molecular weight excluding hydrogens is 190 g/mol. The molecule has 0 aromatic heterocycles. The molecule has 1 heterocycles. The van der Waals surface area contributed by atoms with E-state index in [4.69, 9.17) is 5.11 Å². The third-order valence-electron chi connectivity index (χ3n) is 2.49. The molecule has 13 heavy (non-hydrogen) atoms. The van der Waals surface area contributed by atoms with Gasteiger partial charge >= 0.3 is 5.97 Å². The Morgan fingerprint density at radius 1 is 1.38 bits per heavy atom. The smallest absolute Gasteiger partial charge is 0.320 e. The monoisotopic (exact) mass is 207 g/mol. The van der Waals surface area contributed by atoms with Gasteiger partial charge in [0.15, 0.2) is 0 Å². The average molecular weight is 208 g/mol. The van der Waals surface area contributed by atoms with Crippen LogP contribution in [0.25, 0.3) is 0 Å². The summed E-state index contributed by atoms with van der Waals surface area (Å²) in [6.07, 6.45) is 1.73. The Balaban J connectivity index is 0.00000144. The van der Waals surface area contributed by atoms with Gasteiger partial charge in [0.05, 0.1) is 0 Å². The van der Waals surface area contributed by atoms with Crippen molar-refractivity contribution in [2.75, 3.05) is 0 Å². The van der Waals surface area contributed by atoms with E-state index >= 15 is 0 Å². The molecule has 0 aromatic carbocycles.